The van der Waals surface area contributed by atoms with E-state index in [1.807, 2.05) is 20.2 Å². The van der Waals surface area contributed by atoms with Crippen molar-refractivity contribution < 1.29 is 9.53 Å². The second-order valence-electron chi connectivity index (χ2n) is 5.68. The van der Waals surface area contributed by atoms with Crippen LogP contribution >= 0.6 is 0 Å². The number of benzene rings is 1. The molecule has 7 nitrogen and oxygen atoms in total. The van der Waals surface area contributed by atoms with Gasteiger partial charge in [0.2, 0.25) is 0 Å². The third-order valence-corrected chi connectivity index (χ3v) is 3.34. The number of hydrogen-bond acceptors (Lipinski definition) is 5. The topological polar surface area (TPSA) is 83.2 Å². The minimum absolute atomic E-state index is 0.258. The zero-order chi connectivity index (χ0) is 17.5. The zero-order valence-electron chi connectivity index (χ0n) is 14.1. The fourth-order valence-corrected chi connectivity index (χ4v) is 1.96. The van der Waals surface area contributed by atoms with Gasteiger partial charge < -0.3 is 15.0 Å². The van der Waals surface area contributed by atoms with Gasteiger partial charge in [0, 0.05) is 12.7 Å². The SMILES string of the molecule is C[C@@H](Oc1ccc(C#N)cc1)C(=O)Nc1cnn(CCN(C)C)c1. The maximum absolute atomic E-state index is 12.2. The number of aromatic nitrogens is 2. The number of carbonyl (C=O) groups excluding carboxylic acids is 1. The third-order valence-electron chi connectivity index (χ3n) is 3.34. The molecule has 1 aromatic heterocycles. The molecule has 1 N–H and O–H groups in total. The zero-order valence-corrected chi connectivity index (χ0v) is 14.1. The van der Waals surface area contributed by atoms with Gasteiger partial charge in [0.25, 0.3) is 5.91 Å². The molecule has 0 aliphatic rings. The summed E-state index contributed by atoms with van der Waals surface area (Å²) in [5, 5.41) is 15.8. The summed E-state index contributed by atoms with van der Waals surface area (Å²) in [6.45, 7) is 3.29. The van der Waals surface area contributed by atoms with Crippen molar-refractivity contribution in [1.82, 2.24) is 14.7 Å². The Kier molecular flexibility index (Phi) is 5.93. The highest BCUT2D eigenvalue weighted by molar-refractivity contribution is 5.93. The number of nitriles is 1. The van der Waals surface area contributed by atoms with Crippen LogP contribution in [0.5, 0.6) is 5.75 Å². The second kappa shape index (κ2) is 8.13. The Hall–Kier alpha value is -2.85. The van der Waals surface area contributed by atoms with Crippen molar-refractivity contribution in [2.45, 2.75) is 19.6 Å². The van der Waals surface area contributed by atoms with Gasteiger partial charge in [-0.25, -0.2) is 0 Å². The minimum Gasteiger partial charge on any atom is -0.481 e. The van der Waals surface area contributed by atoms with Crippen LogP contribution in [0.4, 0.5) is 5.69 Å². The normalized spacial score (nSPS) is 11.8. The van der Waals surface area contributed by atoms with Gasteiger partial charge >= 0.3 is 0 Å². The molecule has 0 saturated carbocycles. The Morgan fingerprint density at radius 1 is 1.42 bits per heavy atom. The fraction of sp³-hybridized carbons (Fsp3) is 0.353. The molecule has 0 aliphatic carbocycles. The summed E-state index contributed by atoms with van der Waals surface area (Å²) in [5.74, 6) is 0.282. The Morgan fingerprint density at radius 2 is 2.12 bits per heavy atom. The van der Waals surface area contributed by atoms with Gasteiger partial charge in [0.05, 0.1) is 30.1 Å². The minimum atomic E-state index is -0.664. The van der Waals surface area contributed by atoms with Crippen LogP contribution < -0.4 is 10.1 Å². The third kappa shape index (κ3) is 5.11. The molecule has 0 fully saturated rings. The molecule has 24 heavy (non-hydrogen) atoms. The molecule has 0 saturated heterocycles. The molecule has 1 heterocycles. The molecule has 7 heteroatoms. The van der Waals surface area contributed by atoms with Crippen LogP contribution in [0, 0.1) is 11.3 Å². The second-order valence-corrected chi connectivity index (χ2v) is 5.68. The summed E-state index contributed by atoms with van der Waals surface area (Å²) in [6, 6.07) is 8.67. The lowest BCUT2D eigenvalue weighted by molar-refractivity contribution is -0.122. The number of hydrogen-bond donors (Lipinski definition) is 1. The van der Waals surface area contributed by atoms with Crippen molar-refractivity contribution in [3.05, 3.63) is 42.2 Å². The molecule has 1 amide bonds. The van der Waals surface area contributed by atoms with E-state index in [9.17, 15) is 4.79 Å². The average molecular weight is 327 g/mol. The lowest BCUT2D eigenvalue weighted by Crippen LogP contribution is -2.30. The molecule has 2 aromatic rings. The molecule has 0 aliphatic heterocycles. The predicted molar refractivity (Wildman–Crippen MR) is 90.7 cm³/mol. The van der Waals surface area contributed by atoms with Crippen LogP contribution in [-0.4, -0.2) is 47.3 Å². The lowest BCUT2D eigenvalue weighted by atomic mass is 10.2. The Labute approximate surface area is 141 Å². The fourth-order valence-electron chi connectivity index (χ4n) is 1.96. The maximum atomic E-state index is 12.2. The Bertz CT molecular complexity index is 715. The molecule has 0 spiro atoms. The van der Waals surface area contributed by atoms with Gasteiger partial charge in [-0.3, -0.25) is 9.48 Å². The number of amides is 1. The number of rotatable bonds is 7. The summed E-state index contributed by atoms with van der Waals surface area (Å²) >= 11 is 0. The van der Waals surface area contributed by atoms with Crippen molar-refractivity contribution in [3.8, 4) is 11.8 Å². The first kappa shape index (κ1) is 17.5. The largest absolute Gasteiger partial charge is 0.481 e. The van der Waals surface area contributed by atoms with Gasteiger partial charge in [-0.2, -0.15) is 10.4 Å². The van der Waals surface area contributed by atoms with Gasteiger partial charge in [0.1, 0.15) is 5.75 Å². The van der Waals surface area contributed by atoms with Crippen molar-refractivity contribution in [1.29, 1.82) is 5.26 Å². The van der Waals surface area contributed by atoms with Crippen molar-refractivity contribution in [3.63, 3.8) is 0 Å². The average Bonchev–Trinajstić information content (AvgIpc) is 3.01. The van der Waals surface area contributed by atoms with E-state index < -0.39 is 6.10 Å². The van der Waals surface area contributed by atoms with Crippen LogP contribution in [0.25, 0.3) is 0 Å². The molecule has 126 valence electrons. The van der Waals surface area contributed by atoms with Crippen LogP contribution in [0.2, 0.25) is 0 Å². The number of likely N-dealkylation sites (N-methyl/N-ethyl adjacent to an activating group) is 1. The van der Waals surface area contributed by atoms with E-state index in [1.54, 1.807) is 48.3 Å². The monoisotopic (exact) mass is 327 g/mol. The molecule has 1 atom stereocenters. The molecule has 0 bridgehead atoms. The highest BCUT2D eigenvalue weighted by atomic mass is 16.5. The first-order valence-electron chi connectivity index (χ1n) is 7.63. The quantitative estimate of drug-likeness (QED) is 0.837. The summed E-state index contributed by atoms with van der Waals surface area (Å²) in [6.07, 6.45) is 2.74. The Balaban J connectivity index is 1.88. The lowest BCUT2D eigenvalue weighted by Gasteiger charge is -2.14. The van der Waals surface area contributed by atoms with E-state index in [4.69, 9.17) is 10.00 Å². The Morgan fingerprint density at radius 3 is 2.75 bits per heavy atom. The molecule has 0 radical (unpaired) electrons. The molecule has 2 rings (SSSR count). The molecular formula is C17H21N5O2. The van der Waals surface area contributed by atoms with Crippen LogP contribution in [0.15, 0.2) is 36.7 Å². The van der Waals surface area contributed by atoms with E-state index in [-0.39, 0.29) is 5.91 Å². The smallest absolute Gasteiger partial charge is 0.265 e. The molecule has 1 aromatic carbocycles. The van der Waals surface area contributed by atoms with Crippen molar-refractivity contribution in [2.75, 3.05) is 26.0 Å². The molecular weight excluding hydrogens is 306 g/mol. The van der Waals surface area contributed by atoms with E-state index >= 15 is 0 Å². The van der Waals surface area contributed by atoms with Crippen molar-refractivity contribution >= 4 is 11.6 Å². The van der Waals surface area contributed by atoms with Gasteiger partial charge in [-0.1, -0.05) is 0 Å². The van der Waals surface area contributed by atoms with E-state index in [1.165, 1.54) is 0 Å². The highest BCUT2D eigenvalue weighted by Crippen LogP contribution is 2.14. The number of ether oxygens (including phenoxy) is 1. The van der Waals surface area contributed by atoms with E-state index in [0.717, 1.165) is 13.1 Å². The van der Waals surface area contributed by atoms with Gasteiger partial charge in [-0.05, 0) is 45.3 Å². The van der Waals surface area contributed by atoms with Gasteiger partial charge in [-0.15, -0.1) is 0 Å². The number of carbonyl (C=O) groups is 1. The highest BCUT2D eigenvalue weighted by Gasteiger charge is 2.15. The summed E-state index contributed by atoms with van der Waals surface area (Å²) in [5.41, 5.74) is 1.18. The predicted octanol–water partition coefficient (Wildman–Crippen LogP) is 1.72. The summed E-state index contributed by atoms with van der Waals surface area (Å²) in [7, 11) is 3.99. The first-order valence-corrected chi connectivity index (χ1v) is 7.63. The van der Waals surface area contributed by atoms with Crippen LogP contribution in [0.1, 0.15) is 12.5 Å². The maximum Gasteiger partial charge on any atom is 0.265 e. The first-order chi connectivity index (χ1) is 11.5. The van der Waals surface area contributed by atoms with Crippen LogP contribution in [-0.2, 0) is 11.3 Å². The van der Waals surface area contributed by atoms with E-state index in [2.05, 4.69) is 15.3 Å². The van der Waals surface area contributed by atoms with Gasteiger partial charge in [0.15, 0.2) is 6.10 Å². The molecule has 0 unspecified atom stereocenters. The standard InChI is InChI=1S/C17H21N5O2/c1-13(24-16-6-4-14(10-18)5-7-16)17(23)20-15-11-19-22(12-15)9-8-21(2)3/h4-7,11-13H,8-9H2,1-3H3,(H,20,23)/t13-/m1/s1. The number of nitrogens with one attached hydrogen (secondary N) is 1. The van der Waals surface area contributed by atoms with E-state index in [0.29, 0.717) is 17.0 Å². The van der Waals surface area contributed by atoms with Crippen molar-refractivity contribution in [2.24, 2.45) is 0 Å². The summed E-state index contributed by atoms with van der Waals surface area (Å²) in [4.78, 5) is 14.2. The summed E-state index contributed by atoms with van der Waals surface area (Å²) < 4.78 is 7.36. The number of anilines is 1. The van der Waals surface area contributed by atoms with Crippen LogP contribution in [0.3, 0.4) is 0 Å². The number of nitrogens with zero attached hydrogens (tertiary/aromatic N) is 4.